The predicted octanol–water partition coefficient (Wildman–Crippen LogP) is 4.05. The average Bonchev–Trinajstić information content (AvgIpc) is 2.48. The van der Waals surface area contributed by atoms with Crippen molar-refractivity contribution in [3.63, 3.8) is 0 Å². The highest BCUT2D eigenvalue weighted by Gasteiger charge is 2.15. The lowest BCUT2D eigenvalue weighted by Gasteiger charge is -2.13. The van der Waals surface area contributed by atoms with Crippen molar-refractivity contribution in [2.75, 3.05) is 11.9 Å². The van der Waals surface area contributed by atoms with Crippen LogP contribution in [0, 0.1) is 5.82 Å². The van der Waals surface area contributed by atoms with Crippen LogP contribution in [0.2, 0.25) is 15.1 Å². The van der Waals surface area contributed by atoms with Crippen LogP contribution in [0.1, 0.15) is 18.5 Å². The second-order valence-electron chi connectivity index (χ2n) is 5.07. The van der Waals surface area contributed by atoms with Crippen LogP contribution in [0.15, 0.2) is 36.4 Å². The lowest BCUT2D eigenvalue weighted by molar-refractivity contribution is -0.682. The lowest BCUT2D eigenvalue weighted by Crippen LogP contribution is -2.86. The number of benzene rings is 2. The van der Waals surface area contributed by atoms with E-state index in [2.05, 4.69) is 5.32 Å². The molecule has 0 radical (unpaired) electrons. The fourth-order valence-corrected chi connectivity index (χ4v) is 2.83. The SMILES string of the molecule is C[C@@H]([NH2+]CC(=O)Nc1cc(Cl)ccc1F)c1ccc(Cl)cc1Cl. The van der Waals surface area contributed by atoms with Gasteiger partial charge in [-0.15, -0.1) is 0 Å². The number of carbonyl (C=O) groups is 1. The van der Waals surface area contributed by atoms with E-state index < -0.39 is 5.82 Å². The van der Waals surface area contributed by atoms with Gasteiger partial charge in [-0.1, -0.05) is 40.9 Å². The summed E-state index contributed by atoms with van der Waals surface area (Å²) in [4.78, 5) is 11.9. The summed E-state index contributed by atoms with van der Waals surface area (Å²) in [6.45, 7) is 2.04. The molecular formula is C16H15Cl3FN2O+. The van der Waals surface area contributed by atoms with Gasteiger partial charge in [-0.3, -0.25) is 4.79 Å². The zero-order valence-electron chi connectivity index (χ0n) is 12.2. The number of rotatable bonds is 5. The van der Waals surface area contributed by atoms with Gasteiger partial charge in [0.2, 0.25) is 0 Å². The fraction of sp³-hybridized carbons (Fsp3) is 0.188. The van der Waals surface area contributed by atoms with E-state index in [9.17, 15) is 9.18 Å². The quantitative estimate of drug-likeness (QED) is 0.812. The number of quaternary nitrogens is 1. The van der Waals surface area contributed by atoms with E-state index in [0.717, 1.165) is 5.56 Å². The number of hydrogen-bond donors (Lipinski definition) is 2. The van der Waals surface area contributed by atoms with Crippen LogP contribution in [0.25, 0.3) is 0 Å². The molecule has 0 saturated heterocycles. The normalized spacial score (nSPS) is 12.0. The fourth-order valence-electron chi connectivity index (χ4n) is 2.08. The molecule has 1 amide bonds. The molecule has 7 heteroatoms. The number of halogens is 4. The van der Waals surface area contributed by atoms with Crippen molar-refractivity contribution in [3.8, 4) is 0 Å². The topological polar surface area (TPSA) is 45.7 Å². The lowest BCUT2D eigenvalue weighted by atomic mass is 10.1. The van der Waals surface area contributed by atoms with Crippen molar-refractivity contribution >= 4 is 46.4 Å². The first-order valence-corrected chi connectivity index (χ1v) is 8.03. The highest BCUT2D eigenvalue weighted by molar-refractivity contribution is 6.35. The zero-order valence-corrected chi connectivity index (χ0v) is 14.5. The Morgan fingerprint density at radius 3 is 2.52 bits per heavy atom. The van der Waals surface area contributed by atoms with E-state index in [0.29, 0.717) is 15.1 Å². The number of hydrogen-bond acceptors (Lipinski definition) is 1. The maximum absolute atomic E-state index is 13.6. The average molecular weight is 377 g/mol. The first-order chi connectivity index (χ1) is 10.9. The van der Waals surface area contributed by atoms with Crippen molar-refractivity contribution in [2.24, 2.45) is 0 Å². The molecule has 2 aromatic carbocycles. The Bertz CT molecular complexity index is 724. The van der Waals surface area contributed by atoms with Crippen molar-refractivity contribution in [3.05, 3.63) is 62.8 Å². The van der Waals surface area contributed by atoms with E-state index in [-0.39, 0.29) is 24.2 Å². The van der Waals surface area contributed by atoms with Crippen LogP contribution in [0.5, 0.6) is 0 Å². The van der Waals surface area contributed by atoms with E-state index in [1.807, 2.05) is 13.0 Å². The van der Waals surface area contributed by atoms with Gasteiger partial charge in [0.05, 0.1) is 10.7 Å². The summed E-state index contributed by atoms with van der Waals surface area (Å²) >= 11 is 17.8. The molecular weight excluding hydrogens is 362 g/mol. The summed E-state index contributed by atoms with van der Waals surface area (Å²) in [5, 5.41) is 5.75. The summed E-state index contributed by atoms with van der Waals surface area (Å²) in [6.07, 6.45) is 0. The second-order valence-corrected chi connectivity index (χ2v) is 6.35. The van der Waals surface area contributed by atoms with Gasteiger partial charge in [-0.05, 0) is 37.3 Å². The van der Waals surface area contributed by atoms with Gasteiger partial charge < -0.3 is 10.6 Å². The summed E-state index contributed by atoms with van der Waals surface area (Å²) in [5.74, 6) is -0.861. The summed E-state index contributed by atoms with van der Waals surface area (Å²) in [6, 6.07) is 9.17. The van der Waals surface area contributed by atoms with Gasteiger partial charge in [0.25, 0.3) is 5.91 Å². The molecule has 2 rings (SSSR count). The molecule has 122 valence electrons. The molecule has 0 aromatic heterocycles. The van der Waals surface area contributed by atoms with Crippen LogP contribution >= 0.6 is 34.8 Å². The second kappa shape index (κ2) is 7.97. The molecule has 0 aliphatic carbocycles. The predicted molar refractivity (Wildman–Crippen MR) is 91.7 cm³/mol. The molecule has 3 N–H and O–H groups in total. The molecule has 2 aromatic rings. The summed E-state index contributed by atoms with van der Waals surface area (Å²) in [5.41, 5.74) is 0.936. The Hall–Kier alpha value is -1.33. The minimum atomic E-state index is -0.531. The van der Waals surface area contributed by atoms with Gasteiger partial charge in [-0.2, -0.15) is 0 Å². The standard InChI is InChI=1S/C16H14Cl3FN2O/c1-9(12-4-2-10(17)6-13(12)19)21-8-16(23)22-15-7-11(18)3-5-14(15)20/h2-7,9,21H,8H2,1H3,(H,22,23)/p+1/t9-/m1/s1. The van der Waals surface area contributed by atoms with Gasteiger partial charge in [0.1, 0.15) is 11.9 Å². The monoisotopic (exact) mass is 375 g/mol. The van der Waals surface area contributed by atoms with E-state index in [1.165, 1.54) is 18.2 Å². The maximum Gasteiger partial charge on any atom is 0.279 e. The smallest absolute Gasteiger partial charge is 0.279 e. The van der Waals surface area contributed by atoms with Gasteiger partial charge in [-0.25, -0.2) is 4.39 Å². The van der Waals surface area contributed by atoms with Crippen LogP contribution in [0.3, 0.4) is 0 Å². The molecule has 3 nitrogen and oxygen atoms in total. The zero-order chi connectivity index (χ0) is 17.0. The number of carbonyl (C=O) groups excluding carboxylic acids is 1. The number of nitrogens with two attached hydrogens (primary N) is 1. The van der Waals surface area contributed by atoms with E-state index in [1.54, 1.807) is 17.4 Å². The first-order valence-electron chi connectivity index (χ1n) is 6.90. The summed E-state index contributed by atoms with van der Waals surface area (Å²) < 4.78 is 13.6. The number of nitrogens with one attached hydrogen (secondary N) is 1. The Balaban J connectivity index is 1.94. The van der Waals surface area contributed by atoms with Gasteiger partial charge in [0, 0.05) is 15.6 Å². The molecule has 0 spiro atoms. The molecule has 1 atom stereocenters. The molecule has 0 heterocycles. The maximum atomic E-state index is 13.6. The van der Waals surface area contributed by atoms with E-state index >= 15 is 0 Å². The first kappa shape index (κ1) is 18.0. The van der Waals surface area contributed by atoms with Gasteiger partial charge >= 0.3 is 0 Å². The van der Waals surface area contributed by atoms with Crippen molar-refractivity contribution in [1.29, 1.82) is 0 Å². The molecule has 23 heavy (non-hydrogen) atoms. The highest BCUT2D eigenvalue weighted by Crippen LogP contribution is 2.24. The molecule has 0 unspecified atom stereocenters. The Morgan fingerprint density at radius 1 is 1.17 bits per heavy atom. The molecule has 0 bridgehead atoms. The van der Waals surface area contributed by atoms with Crippen molar-refractivity contribution in [1.82, 2.24) is 0 Å². The number of amides is 1. The van der Waals surface area contributed by atoms with Crippen LogP contribution in [-0.2, 0) is 4.79 Å². The van der Waals surface area contributed by atoms with Crippen LogP contribution in [-0.4, -0.2) is 12.5 Å². The van der Waals surface area contributed by atoms with Crippen molar-refractivity contribution < 1.29 is 14.5 Å². The van der Waals surface area contributed by atoms with Crippen molar-refractivity contribution in [2.45, 2.75) is 13.0 Å². The Kier molecular flexibility index (Phi) is 6.25. The van der Waals surface area contributed by atoms with Crippen LogP contribution in [0.4, 0.5) is 10.1 Å². The molecule has 0 fully saturated rings. The highest BCUT2D eigenvalue weighted by atomic mass is 35.5. The largest absolute Gasteiger partial charge is 0.332 e. The number of anilines is 1. The molecule has 0 saturated carbocycles. The molecule has 0 aliphatic heterocycles. The third kappa shape index (κ3) is 5.08. The van der Waals surface area contributed by atoms with E-state index in [4.69, 9.17) is 34.8 Å². The minimum Gasteiger partial charge on any atom is -0.332 e. The minimum absolute atomic E-state index is 0.0466. The third-order valence-electron chi connectivity index (χ3n) is 3.31. The third-order valence-corrected chi connectivity index (χ3v) is 4.11. The Morgan fingerprint density at radius 2 is 1.83 bits per heavy atom. The Labute approximate surface area is 148 Å². The van der Waals surface area contributed by atoms with Crippen LogP contribution < -0.4 is 10.6 Å². The molecule has 0 aliphatic rings. The summed E-state index contributed by atoms with van der Waals surface area (Å²) in [7, 11) is 0. The van der Waals surface area contributed by atoms with Gasteiger partial charge in [0.15, 0.2) is 6.54 Å².